The zero-order valence-electron chi connectivity index (χ0n) is 16.1. The van der Waals surface area contributed by atoms with E-state index < -0.39 is 21.9 Å². The summed E-state index contributed by atoms with van der Waals surface area (Å²) in [5.74, 6) is -0.506. The number of aromatic nitrogens is 2. The third-order valence-electron chi connectivity index (χ3n) is 4.63. The molecule has 2 aromatic heterocycles. The molecule has 0 amide bonds. The number of nitrogens with one attached hydrogen (secondary N) is 2. The van der Waals surface area contributed by atoms with Crippen molar-refractivity contribution in [3.05, 3.63) is 82.4 Å². The first-order valence-electron chi connectivity index (χ1n) is 9.12. The minimum Gasteiger partial charge on any atom is -0.481 e. The summed E-state index contributed by atoms with van der Waals surface area (Å²) in [4.78, 5) is 7.28. The Kier molecular flexibility index (Phi) is 5.79. The third-order valence-corrected chi connectivity index (χ3v) is 6.70. The van der Waals surface area contributed by atoms with Crippen molar-refractivity contribution in [2.45, 2.75) is 17.9 Å². The van der Waals surface area contributed by atoms with Crippen LogP contribution in [0.5, 0.6) is 5.75 Å². The van der Waals surface area contributed by atoms with E-state index in [2.05, 4.69) is 14.7 Å². The Bertz CT molecular complexity index is 1360. The standard InChI is InChI=1S/C21H16Cl2FN3O3S/c1-12(18-15(22)7-8-16(24)19(18)23)30-20-14-9-10-25-17(14)11-26-21(20)27-31(28,29)13-5-3-2-4-6-13/h2-12,25H,1H3,(H,26,27)/t12-/m1/s1. The van der Waals surface area contributed by atoms with Crippen LogP contribution in [0.2, 0.25) is 10.0 Å². The molecule has 0 aliphatic rings. The zero-order chi connectivity index (χ0) is 22.2. The number of fused-ring (bicyclic) bond motifs is 1. The molecule has 0 spiro atoms. The minimum atomic E-state index is -3.93. The lowest BCUT2D eigenvalue weighted by molar-refractivity contribution is 0.230. The highest BCUT2D eigenvalue weighted by Crippen LogP contribution is 2.39. The molecular weight excluding hydrogens is 464 g/mol. The van der Waals surface area contributed by atoms with Crippen LogP contribution >= 0.6 is 23.2 Å². The van der Waals surface area contributed by atoms with E-state index in [1.54, 1.807) is 37.4 Å². The molecule has 0 saturated heterocycles. The second kappa shape index (κ2) is 8.37. The number of hydrogen-bond donors (Lipinski definition) is 2. The Labute approximate surface area is 188 Å². The quantitative estimate of drug-likeness (QED) is 0.334. The highest BCUT2D eigenvalue weighted by atomic mass is 35.5. The van der Waals surface area contributed by atoms with Crippen molar-refractivity contribution in [1.29, 1.82) is 0 Å². The fourth-order valence-corrected chi connectivity index (χ4v) is 4.84. The summed E-state index contributed by atoms with van der Waals surface area (Å²) in [7, 11) is -3.93. The number of anilines is 1. The number of pyridine rings is 1. The van der Waals surface area contributed by atoms with Gasteiger partial charge in [-0.1, -0.05) is 41.4 Å². The van der Waals surface area contributed by atoms with Crippen LogP contribution in [0.25, 0.3) is 10.9 Å². The van der Waals surface area contributed by atoms with Gasteiger partial charge in [-0.15, -0.1) is 0 Å². The first-order chi connectivity index (χ1) is 14.8. The van der Waals surface area contributed by atoms with Crippen LogP contribution < -0.4 is 9.46 Å². The maximum Gasteiger partial charge on any atom is 0.263 e. The fraction of sp³-hybridized carbons (Fsp3) is 0.0952. The van der Waals surface area contributed by atoms with Crippen molar-refractivity contribution in [1.82, 2.24) is 9.97 Å². The lowest BCUT2D eigenvalue weighted by atomic mass is 10.1. The van der Waals surface area contributed by atoms with Gasteiger partial charge in [0.05, 0.1) is 21.6 Å². The SMILES string of the molecule is C[C@@H](Oc1c(NS(=O)(=O)c2ccccc2)ncc2[nH]ccc12)c1c(Cl)ccc(F)c1Cl. The average Bonchev–Trinajstić information content (AvgIpc) is 3.22. The van der Waals surface area contributed by atoms with E-state index in [1.807, 2.05) is 0 Å². The van der Waals surface area contributed by atoms with Crippen molar-refractivity contribution in [2.75, 3.05) is 4.72 Å². The van der Waals surface area contributed by atoms with E-state index in [1.165, 1.54) is 24.4 Å². The molecule has 31 heavy (non-hydrogen) atoms. The normalized spacial score (nSPS) is 12.6. The number of benzene rings is 2. The van der Waals surface area contributed by atoms with Crippen LogP contribution in [-0.2, 0) is 10.0 Å². The summed E-state index contributed by atoms with van der Waals surface area (Å²) in [5, 5.41) is 0.636. The van der Waals surface area contributed by atoms with E-state index in [9.17, 15) is 12.8 Å². The molecule has 4 rings (SSSR count). The summed E-state index contributed by atoms with van der Waals surface area (Å²) in [6, 6.07) is 12.1. The van der Waals surface area contributed by atoms with Gasteiger partial charge >= 0.3 is 0 Å². The molecule has 2 aromatic carbocycles. The molecule has 0 aliphatic heterocycles. The molecule has 0 radical (unpaired) electrons. The molecule has 0 saturated carbocycles. The highest BCUT2D eigenvalue weighted by Gasteiger charge is 2.24. The van der Waals surface area contributed by atoms with Gasteiger partial charge in [0.15, 0.2) is 11.6 Å². The van der Waals surface area contributed by atoms with E-state index in [4.69, 9.17) is 27.9 Å². The molecule has 1 atom stereocenters. The van der Waals surface area contributed by atoms with Crippen LogP contribution in [0, 0.1) is 5.82 Å². The molecule has 2 N–H and O–H groups in total. The molecule has 6 nitrogen and oxygen atoms in total. The summed E-state index contributed by atoms with van der Waals surface area (Å²) in [6.45, 7) is 1.63. The van der Waals surface area contributed by atoms with Crippen molar-refractivity contribution in [2.24, 2.45) is 0 Å². The average molecular weight is 480 g/mol. The van der Waals surface area contributed by atoms with Crippen molar-refractivity contribution in [3.63, 3.8) is 0 Å². The van der Waals surface area contributed by atoms with Gasteiger partial charge in [0, 0.05) is 22.2 Å². The van der Waals surface area contributed by atoms with Gasteiger partial charge < -0.3 is 9.72 Å². The lowest BCUT2D eigenvalue weighted by Crippen LogP contribution is -2.16. The number of sulfonamides is 1. The van der Waals surface area contributed by atoms with Crippen LogP contribution in [0.3, 0.4) is 0 Å². The van der Waals surface area contributed by atoms with E-state index >= 15 is 0 Å². The van der Waals surface area contributed by atoms with Crippen LogP contribution in [-0.4, -0.2) is 18.4 Å². The Hall–Kier alpha value is -2.81. The highest BCUT2D eigenvalue weighted by molar-refractivity contribution is 7.92. The maximum absolute atomic E-state index is 14.0. The molecule has 160 valence electrons. The number of halogens is 3. The minimum absolute atomic E-state index is 0.0218. The number of ether oxygens (including phenoxy) is 1. The fourth-order valence-electron chi connectivity index (χ4n) is 3.13. The molecule has 0 unspecified atom stereocenters. The van der Waals surface area contributed by atoms with Gasteiger partial charge in [-0.3, -0.25) is 4.72 Å². The third kappa shape index (κ3) is 4.19. The molecule has 4 aromatic rings. The molecule has 0 fully saturated rings. The predicted molar refractivity (Wildman–Crippen MR) is 119 cm³/mol. The second-order valence-electron chi connectivity index (χ2n) is 6.68. The van der Waals surface area contributed by atoms with Crippen LogP contribution in [0.1, 0.15) is 18.6 Å². The van der Waals surface area contributed by atoms with Crippen molar-refractivity contribution < 1.29 is 17.5 Å². The summed E-state index contributed by atoms with van der Waals surface area (Å²) in [5.41, 5.74) is 0.869. The number of nitrogens with zero attached hydrogens (tertiary/aromatic N) is 1. The van der Waals surface area contributed by atoms with Gasteiger partial charge in [-0.2, -0.15) is 0 Å². The van der Waals surface area contributed by atoms with Gasteiger partial charge in [-0.05, 0) is 37.3 Å². The number of aromatic amines is 1. The second-order valence-corrected chi connectivity index (χ2v) is 9.14. The van der Waals surface area contributed by atoms with E-state index in [0.29, 0.717) is 10.9 Å². The van der Waals surface area contributed by atoms with Crippen LogP contribution in [0.4, 0.5) is 10.2 Å². The summed E-state index contributed by atoms with van der Waals surface area (Å²) in [6.07, 6.45) is 2.34. The van der Waals surface area contributed by atoms with Gasteiger partial charge in [-0.25, -0.2) is 17.8 Å². The van der Waals surface area contributed by atoms with Crippen molar-refractivity contribution >= 4 is 49.9 Å². The van der Waals surface area contributed by atoms with E-state index in [0.717, 1.165) is 6.07 Å². The maximum atomic E-state index is 14.0. The first-order valence-corrected chi connectivity index (χ1v) is 11.4. The molecular formula is C21H16Cl2FN3O3S. The Morgan fingerprint density at radius 2 is 1.87 bits per heavy atom. The topological polar surface area (TPSA) is 84.1 Å². The Morgan fingerprint density at radius 1 is 1.13 bits per heavy atom. The van der Waals surface area contributed by atoms with Crippen LogP contribution in [0.15, 0.2) is 65.8 Å². The predicted octanol–water partition coefficient (Wildman–Crippen LogP) is 5.95. The van der Waals surface area contributed by atoms with Gasteiger partial charge in [0.1, 0.15) is 11.9 Å². The number of rotatable bonds is 6. The smallest absolute Gasteiger partial charge is 0.263 e. The summed E-state index contributed by atoms with van der Waals surface area (Å²) < 4.78 is 48.2. The van der Waals surface area contributed by atoms with E-state index in [-0.39, 0.29) is 32.1 Å². The Morgan fingerprint density at radius 3 is 2.61 bits per heavy atom. The van der Waals surface area contributed by atoms with Gasteiger partial charge in [0.25, 0.3) is 10.0 Å². The number of H-pyrrole nitrogens is 1. The van der Waals surface area contributed by atoms with Gasteiger partial charge in [0.2, 0.25) is 0 Å². The molecule has 0 bridgehead atoms. The monoisotopic (exact) mass is 479 g/mol. The largest absolute Gasteiger partial charge is 0.481 e. The lowest BCUT2D eigenvalue weighted by Gasteiger charge is -2.20. The Balaban J connectivity index is 1.77. The molecule has 0 aliphatic carbocycles. The zero-order valence-corrected chi connectivity index (χ0v) is 18.4. The number of hydrogen-bond acceptors (Lipinski definition) is 4. The summed E-state index contributed by atoms with van der Waals surface area (Å²) >= 11 is 12.3. The molecule has 2 heterocycles. The first kappa shape index (κ1) is 21.4. The van der Waals surface area contributed by atoms with Crippen molar-refractivity contribution in [3.8, 4) is 5.75 Å². The molecule has 10 heteroatoms.